The molecule has 4 saturated heterocycles. The lowest BCUT2D eigenvalue weighted by atomic mass is 9.74. The minimum Gasteiger partial charge on any atom is -0.463 e. The van der Waals surface area contributed by atoms with Crippen LogP contribution in [0.15, 0.2) is 28.9 Å². The Morgan fingerprint density at radius 2 is 2.11 bits per heavy atom. The lowest BCUT2D eigenvalue weighted by Crippen LogP contribution is -2.56. The Hall–Kier alpha value is -1.76. The van der Waals surface area contributed by atoms with Crippen LogP contribution in [0.25, 0.3) is 11.5 Å². The Bertz CT molecular complexity index is 788. The lowest BCUT2D eigenvalue weighted by Gasteiger charge is -2.50. The summed E-state index contributed by atoms with van der Waals surface area (Å²) in [5, 5.41) is 3.81. The van der Waals surface area contributed by atoms with Crippen molar-refractivity contribution in [3.05, 3.63) is 36.0 Å². The first-order valence-electron chi connectivity index (χ1n) is 10.7. The van der Waals surface area contributed by atoms with Crippen molar-refractivity contribution in [2.24, 2.45) is 5.92 Å². The number of hydrogen-bond acceptors (Lipinski definition) is 6. The molecule has 6 heteroatoms. The molecule has 4 aliphatic heterocycles. The van der Waals surface area contributed by atoms with Crippen LogP contribution >= 0.6 is 0 Å². The zero-order valence-electron chi connectivity index (χ0n) is 16.6. The number of rotatable bonds is 5. The van der Waals surface area contributed by atoms with Crippen molar-refractivity contribution in [3.8, 4) is 11.5 Å². The van der Waals surface area contributed by atoms with Gasteiger partial charge in [-0.15, -0.1) is 0 Å². The average molecular weight is 383 g/mol. The standard InChI is InChI=1S/C22H30N4O2/c1-15-24-20(12-21(25-15)22-3-2-8-28-22)19-14-26-7-4-16(19)11-18(26)13-23-17-5-9-27-10-6-17/h2-3,8,12,16-19,23H,4-7,9-11,13-14H2,1H3. The summed E-state index contributed by atoms with van der Waals surface area (Å²) in [6.45, 7) is 7.23. The molecule has 2 bridgehead atoms. The molecule has 0 amide bonds. The maximum atomic E-state index is 5.57. The van der Waals surface area contributed by atoms with Gasteiger partial charge >= 0.3 is 0 Å². The van der Waals surface area contributed by atoms with Gasteiger partial charge in [-0.3, -0.25) is 4.90 Å². The van der Waals surface area contributed by atoms with Gasteiger partial charge in [-0.1, -0.05) is 0 Å². The van der Waals surface area contributed by atoms with E-state index in [0.717, 1.165) is 56.4 Å². The highest BCUT2D eigenvalue weighted by Gasteiger charge is 2.41. The summed E-state index contributed by atoms with van der Waals surface area (Å²) in [5.74, 6) is 2.87. The number of fused-ring (bicyclic) bond motifs is 3. The quantitative estimate of drug-likeness (QED) is 0.858. The molecule has 4 unspecified atom stereocenters. The first-order valence-corrected chi connectivity index (χ1v) is 10.7. The smallest absolute Gasteiger partial charge is 0.152 e. The summed E-state index contributed by atoms with van der Waals surface area (Å²) >= 11 is 0. The molecule has 4 aliphatic rings. The lowest BCUT2D eigenvalue weighted by molar-refractivity contribution is 0.0235. The molecule has 6 nitrogen and oxygen atoms in total. The number of piperidine rings is 3. The van der Waals surface area contributed by atoms with Gasteiger partial charge in [0.05, 0.1) is 6.26 Å². The van der Waals surface area contributed by atoms with Gasteiger partial charge in [-0.05, 0) is 63.3 Å². The zero-order valence-corrected chi connectivity index (χ0v) is 16.6. The van der Waals surface area contributed by atoms with Gasteiger partial charge < -0.3 is 14.5 Å². The van der Waals surface area contributed by atoms with Crippen LogP contribution in [-0.2, 0) is 4.74 Å². The van der Waals surface area contributed by atoms with Crippen LogP contribution in [0.2, 0.25) is 0 Å². The number of nitrogens with zero attached hydrogens (tertiary/aromatic N) is 3. The van der Waals surface area contributed by atoms with Crippen molar-refractivity contribution >= 4 is 0 Å². The molecule has 4 fully saturated rings. The molecular weight excluding hydrogens is 352 g/mol. The van der Waals surface area contributed by atoms with Gasteiger partial charge in [-0.25, -0.2) is 9.97 Å². The molecule has 0 saturated carbocycles. The molecule has 28 heavy (non-hydrogen) atoms. The van der Waals surface area contributed by atoms with Crippen LogP contribution in [0.4, 0.5) is 0 Å². The number of ether oxygens (including phenoxy) is 1. The summed E-state index contributed by atoms with van der Waals surface area (Å²) in [6.07, 6.45) is 6.54. The number of furan rings is 1. The first-order chi connectivity index (χ1) is 13.8. The molecular formula is C22H30N4O2. The van der Waals surface area contributed by atoms with Crippen molar-refractivity contribution in [3.63, 3.8) is 0 Å². The van der Waals surface area contributed by atoms with E-state index in [1.165, 1.54) is 25.1 Å². The third-order valence-corrected chi connectivity index (χ3v) is 6.75. The summed E-state index contributed by atoms with van der Waals surface area (Å²) in [7, 11) is 0. The van der Waals surface area contributed by atoms with E-state index >= 15 is 0 Å². The van der Waals surface area contributed by atoms with Crippen LogP contribution in [0, 0.1) is 12.8 Å². The van der Waals surface area contributed by atoms with E-state index in [9.17, 15) is 0 Å². The van der Waals surface area contributed by atoms with Crippen LogP contribution in [0.5, 0.6) is 0 Å². The first kappa shape index (κ1) is 18.3. The molecule has 2 aromatic rings. The van der Waals surface area contributed by atoms with Gasteiger partial charge in [0.2, 0.25) is 0 Å². The van der Waals surface area contributed by atoms with Crippen LogP contribution in [0.1, 0.15) is 43.1 Å². The van der Waals surface area contributed by atoms with E-state index in [-0.39, 0.29) is 0 Å². The van der Waals surface area contributed by atoms with Crippen molar-refractivity contribution in [1.82, 2.24) is 20.2 Å². The van der Waals surface area contributed by atoms with Gasteiger partial charge in [0.15, 0.2) is 5.76 Å². The van der Waals surface area contributed by atoms with Gasteiger partial charge in [0.25, 0.3) is 0 Å². The van der Waals surface area contributed by atoms with Crippen molar-refractivity contribution < 1.29 is 9.15 Å². The molecule has 6 rings (SSSR count). The molecule has 2 aromatic heterocycles. The maximum absolute atomic E-state index is 5.57. The predicted octanol–water partition coefficient (Wildman–Crippen LogP) is 2.99. The molecule has 0 aromatic carbocycles. The van der Waals surface area contributed by atoms with Crippen LogP contribution in [0.3, 0.4) is 0 Å². The van der Waals surface area contributed by atoms with Crippen molar-refractivity contribution in [1.29, 1.82) is 0 Å². The highest BCUT2D eigenvalue weighted by molar-refractivity contribution is 5.52. The molecule has 0 spiro atoms. The molecule has 6 heterocycles. The summed E-state index contributed by atoms with van der Waals surface area (Å²) < 4.78 is 11.0. The van der Waals surface area contributed by atoms with Crippen molar-refractivity contribution in [2.75, 3.05) is 32.8 Å². The second-order valence-corrected chi connectivity index (χ2v) is 8.54. The van der Waals surface area contributed by atoms with Crippen LogP contribution < -0.4 is 5.32 Å². The van der Waals surface area contributed by atoms with E-state index in [2.05, 4.69) is 21.3 Å². The molecule has 0 radical (unpaired) electrons. The topological polar surface area (TPSA) is 63.4 Å². The minimum atomic E-state index is 0.503. The Balaban J connectivity index is 1.27. The fraction of sp³-hybridized carbons (Fsp3) is 0.636. The summed E-state index contributed by atoms with van der Waals surface area (Å²) in [6, 6.07) is 7.32. The second-order valence-electron chi connectivity index (χ2n) is 8.54. The Morgan fingerprint density at radius 3 is 2.86 bits per heavy atom. The van der Waals surface area contributed by atoms with Crippen LogP contribution in [-0.4, -0.2) is 59.8 Å². The Morgan fingerprint density at radius 1 is 1.21 bits per heavy atom. The minimum absolute atomic E-state index is 0.503. The normalized spacial score (nSPS) is 30.6. The number of aromatic nitrogens is 2. The number of aryl methyl sites for hydroxylation is 1. The van der Waals surface area contributed by atoms with Gasteiger partial charge in [-0.2, -0.15) is 0 Å². The largest absolute Gasteiger partial charge is 0.463 e. The number of hydrogen-bond donors (Lipinski definition) is 1. The maximum Gasteiger partial charge on any atom is 0.152 e. The predicted molar refractivity (Wildman–Crippen MR) is 107 cm³/mol. The Kier molecular flexibility index (Phi) is 5.18. The van der Waals surface area contributed by atoms with E-state index in [1.807, 2.05) is 19.1 Å². The monoisotopic (exact) mass is 382 g/mol. The average Bonchev–Trinajstić information content (AvgIpc) is 3.28. The molecule has 150 valence electrons. The van der Waals surface area contributed by atoms with Gasteiger partial charge in [0.1, 0.15) is 11.5 Å². The SMILES string of the molecule is Cc1nc(-c2ccco2)cc(C2CN3CCC2CC3CNC2CCOCC2)n1. The highest BCUT2D eigenvalue weighted by atomic mass is 16.5. The van der Waals surface area contributed by atoms with Crippen molar-refractivity contribution in [2.45, 2.75) is 50.6 Å². The fourth-order valence-corrected chi connectivity index (χ4v) is 5.22. The molecule has 1 N–H and O–H groups in total. The number of nitrogens with one attached hydrogen (secondary N) is 1. The fourth-order valence-electron chi connectivity index (χ4n) is 5.22. The summed E-state index contributed by atoms with van der Waals surface area (Å²) in [5.41, 5.74) is 2.09. The third-order valence-electron chi connectivity index (χ3n) is 6.75. The molecule has 0 aliphatic carbocycles. The third kappa shape index (κ3) is 3.73. The zero-order chi connectivity index (χ0) is 18.9. The van der Waals surface area contributed by atoms with Gasteiger partial charge in [0, 0.05) is 50.0 Å². The van der Waals surface area contributed by atoms with E-state index in [1.54, 1.807) is 6.26 Å². The Labute approximate surface area is 166 Å². The van der Waals surface area contributed by atoms with E-state index < -0.39 is 0 Å². The highest BCUT2D eigenvalue weighted by Crippen LogP contribution is 2.41. The summed E-state index contributed by atoms with van der Waals surface area (Å²) in [4.78, 5) is 12.1. The van der Waals surface area contributed by atoms with E-state index in [4.69, 9.17) is 14.1 Å². The molecule has 4 atom stereocenters. The van der Waals surface area contributed by atoms with E-state index in [0.29, 0.717) is 23.9 Å². The second kappa shape index (κ2) is 7.93.